The van der Waals surface area contributed by atoms with Gasteiger partial charge in [-0.1, -0.05) is 27.7 Å². The summed E-state index contributed by atoms with van der Waals surface area (Å²) in [5.41, 5.74) is 6.91. The number of oxime groups is 1. The summed E-state index contributed by atoms with van der Waals surface area (Å²) >= 11 is 5.90. The van der Waals surface area contributed by atoms with Crippen molar-refractivity contribution in [2.45, 2.75) is 30.0 Å². The number of aliphatic hydroxyl groups is 1. The fourth-order valence-electron chi connectivity index (χ4n) is 4.08. The monoisotopic (exact) mass is 731 g/mol. The van der Waals surface area contributed by atoms with Crippen LogP contribution >= 0.6 is 57.5 Å². The highest BCUT2D eigenvalue weighted by atomic mass is 127. The fraction of sp³-hybridized carbons (Fsp3) is 0.364. The highest BCUT2D eigenvalue weighted by molar-refractivity contribution is 14.1. The Kier molecular flexibility index (Phi) is 8.97. The van der Waals surface area contributed by atoms with Crippen LogP contribution in [-0.2, 0) is 25.8 Å². The lowest BCUT2D eigenvalue weighted by atomic mass is 10.0. The van der Waals surface area contributed by atoms with Crippen molar-refractivity contribution in [3.8, 4) is 0 Å². The smallest absolute Gasteiger partial charge is 0.352 e. The van der Waals surface area contributed by atoms with Gasteiger partial charge in [-0.25, -0.2) is 14.8 Å². The maximum atomic E-state index is 13.2. The van der Waals surface area contributed by atoms with Gasteiger partial charge in [0, 0.05) is 27.0 Å². The lowest BCUT2D eigenvalue weighted by molar-refractivity contribution is -0.150. The Bertz CT molecular complexity index is 1590. The molecule has 0 radical (unpaired) electrons. The number of nitrogens with one attached hydrogen (secondary N) is 1. The molecule has 2 amide bonds. The normalized spacial score (nSPS) is 18.9. The molecule has 2 atom stereocenters. The first-order valence-corrected chi connectivity index (χ1v) is 16.3. The number of aliphatic carboxylic acids is 1. The number of β-lactam (4-membered cyclic amide) rings is 1. The number of aliphatic hydroxyl groups excluding tert-OH is 1. The number of thioether (sulfide) groups is 2. The Morgan fingerprint density at radius 1 is 1.37 bits per heavy atom. The summed E-state index contributed by atoms with van der Waals surface area (Å²) in [6.07, 6.45) is 0. The number of nitrogens with two attached hydrogens (primary N) is 1. The molecule has 3 aromatic rings. The minimum Gasteiger partial charge on any atom is -0.477 e. The van der Waals surface area contributed by atoms with Crippen molar-refractivity contribution in [3.63, 3.8) is 0 Å². The lowest BCUT2D eigenvalue weighted by Gasteiger charge is -2.49. The van der Waals surface area contributed by atoms with E-state index in [0.717, 1.165) is 11.3 Å². The molecule has 15 nitrogen and oxygen atoms in total. The van der Waals surface area contributed by atoms with Gasteiger partial charge in [-0.05, 0) is 18.6 Å². The van der Waals surface area contributed by atoms with Crippen molar-refractivity contribution in [2.24, 2.45) is 5.16 Å². The number of nitrogen functional groups attached to an aromatic ring is 1. The number of halogens is 1. The van der Waals surface area contributed by atoms with Gasteiger partial charge in [0.05, 0.1) is 0 Å². The zero-order chi connectivity index (χ0) is 29.3. The molecule has 0 aromatic carbocycles. The number of rotatable bonds is 11. The third-order valence-corrected chi connectivity index (χ3v) is 9.36. The number of carbonyl (C=O) groups is 3. The quantitative estimate of drug-likeness (QED) is 0.0313. The highest BCUT2D eigenvalue weighted by Crippen LogP contribution is 2.41. The number of nitrogens with zero attached hydrogens (tertiary/aromatic N) is 7. The van der Waals surface area contributed by atoms with Gasteiger partial charge < -0.3 is 26.1 Å². The molecule has 5 rings (SSSR count). The van der Waals surface area contributed by atoms with Crippen molar-refractivity contribution in [1.29, 1.82) is 0 Å². The van der Waals surface area contributed by atoms with Crippen LogP contribution in [0.2, 0.25) is 0 Å². The van der Waals surface area contributed by atoms with E-state index in [-0.39, 0.29) is 47.0 Å². The van der Waals surface area contributed by atoms with Gasteiger partial charge in [-0.3, -0.25) is 14.5 Å². The minimum absolute atomic E-state index is 0.111. The van der Waals surface area contributed by atoms with Crippen LogP contribution in [0.4, 0.5) is 5.13 Å². The van der Waals surface area contributed by atoms with E-state index in [2.05, 4.69) is 53.1 Å². The van der Waals surface area contributed by atoms with Crippen molar-refractivity contribution < 1.29 is 29.4 Å². The van der Waals surface area contributed by atoms with Crippen LogP contribution in [0.5, 0.6) is 0 Å². The standard InChI is InChI=1S/C22H22IN9O6S3/c1-9-4-13(32-22(25-9)27-12(5-33)29-32)39-6-10-7-40-19-15(18(35)31(19)16(10)20(36)37)28-17(34)14(30-38-3-2-23)11-8-41-21(24)26-11/h4,8,15,19,33H,2-3,5-7H2,1H3,(H2,24,26)(H,28,34)(H,36,37)/b30-14-/t15-,19-/m1/s1. The number of carboxylic acid groups (broad SMARTS) is 1. The minimum atomic E-state index is -1.24. The largest absolute Gasteiger partial charge is 0.477 e. The first kappa shape index (κ1) is 29.5. The molecule has 41 heavy (non-hydrogen) atoms. The molecule has 0 spiro atoms. The van der Waals surface area contributed by atoms with Gasteiger partial charge in [-0.15, -0.1) is 40.0 Å². The van der Waals surface area contributed by atoms with Crippen LogP contribution in [-0.4, -0.2) is 97.1 Å². The Labute approximate surface area is 258 Å². The Morgan fingerprint density at radius 3 is 2.85 bits per heavy atom. The number of fused-ring (bicyclic) bond motifs is 2. The number of alkyl halides is 1. The Hall–Kier alpha value is -3.01. The SMILES string of the molecule is Cc1cc(SCC2=C(C(=O)O)N3C(=O)[C@@H](NC(=O)/C(=N\OCCI)c4csc(N)n4)[C@H]3SC2)n2nc(CO)nc2n1. The second-order valence-corrected chi connectivity index (χ2v) is 12.6. The summed E-state index contributed by atoms with van der Waals surface area (Å²) in [5, 5.41) is 32.1. The van der Waals surface area contributed by atoms with Gasteiger partial charge in [0.1, 0.15) is 41.0 Å². The maximum absolute atomic E-state index is 13.2. The summed E-state index contributed by atoms with van der Waals surface area (Å²) < 4.78 is 2.13. The van der Waals surface area contributed by atoms with E-state index in [0.29, 0.717) is 32.3 Å². The van der Waals surface area contributed by atoms with E-state index in [1.807, 2.05) is 0 Å². The number of hydrogen-bond donors (Lipinski definition) is 4. The van der Waals surface area contributed by atoms with Crippen LogP contribution in [0.15, 0.2) is 32.9 Å². The highest BCUT2D eigenvalue weighted by Gasteiger charge is 2.54. The van der Waals surface area contributed by atoms with E-state index in [4.69, 9.17) is 10.6 Å². The molecule has 2 aliphatic heterocycles. The summed E-state index contributed by atoms with van der Waals surface area (Å²) in [7, 11) is 0. The molecule has 3 aromatic heterocycles. The van der Waals surface area contributed by atoms with Gasteiger partial charge >= 0.3 is 5.97 Å². The third-order valence-electron chi connectivity index (χ3n) is 5.83. The lowest BCUT2D eigenvalue weighted by Crippen LogP contribution is -2.71. The number of thiazole rings is 1. The number of aromatic nitrogens is 5. The second kappa shape index (κ2) is 12.5. The van der Waals surface area contributed by atoms with Gasteiger partial charge in [0.2, 0.25) is 0 Å². The number of carbonyl (C=O) groups excluding carboxylic acids is 2. The third kappa shape index (κ3) is 5.98. The predicted molar refractivity (Wildman–Crippen MR) is 160 cm³/mol. The summed E-state index contributed by atoms with van der Waals surface area (Å²) in [5.74, 6) is -1.36. The molecule has 0 unspecified atom stereocenters. The number of carboxylic acids is 1. The first-order valence-electron chi connectivity index (χ1n) is 11.9. The van der Waals surface area contributed by atoms with E-state index >= 15 is 0 Å². The van der Waals surface area contributed by atoms with E-state index in [1.165, 1.54) is 32.9 Å². The molecule has 216 valence electrons. The topological polar surface area (TPSA) is 211 Å². The predicted octanol–water partition coefficient (Wildman–Crippen LogP) is 0.650. The van der Waals surface area contributed by atoms with Crippen molar-refractivity contribution in [3.05, 3.63) is 39.9 Å². The zero-order valence-electron chi connectivity index (χ0n) is 21.2. The molecule has 5 N–H and O–H groups in total. The average molecular weight is 732 g/mol. The van der Waals surface area contributed by atoms with Gasteiger partial charge in [-0.2, -0.15) is 9.50 Å². The molecule has 1 saturated heterocycles. The maximum Gasteiger partial charge on any atom is 0.352 e. The van der Waals surface area contributed by atoms with Crippen LogP contribution in [0.1, 0.15) is 17.2 Å². The number of anilines is 1. The van der Waals surface area contributed by atoms with Crippen molar-refractivity contribution in [2.75, 3.05) is 28.3 Å². The van der Waals surface area contributed by atoms with Gasteiger partial charge in [0.15, 0.2) is 16.7 Å². The van der Waals surface area contributed by atoms with E-state index < -0.39 is 29.2 Å². The molecule has 5 heterocycles. The first-order chi connectivity index (χ1) is 19.7. The second-order valence-electron chi connectivity index (χ2n) is 8.57. The van der Waals surface area contributed by atoms with Crippen LogP contribution < -0.4 is 11.1 Å². The number of aryl methyl sites for hydroxylation is 1. The summed E-state index contributed by atoms with van der Waals surface area (Å²) in [6, 6.07) is 0.823. The summed E-state index contributed by atoms with van der Waals surface area (Å²) in [4.78, 5) is 57.6. The molecular formula is C22H22IN9O6S3. The van der Waals surface area contributed by atoms with E-state index in [9.17, 15) is 24.6 Å². The van der Waals surface area contributed by atoms with Gasteiger partial charge in [0.25, 0.3) is 17.6 Å². The fourth-order valence-corrected chi connectivity index (χ4v) is 7.36. The molecule has 0 saturated carbocycles. The molecule has 0 aliphatic carbocycles. The number of hydrogen-bond acceptors (Lipinski definition) is 14. The number of amides is 2. The summed E-state index contributed by atoms with van der Waals surface area (Å²) in [6.45, 7) is 1.72. The molecule has 0 bridgehead atoms. The van der Waals surface area contributed by atoms with Crippen LogP contribution in [0, 0.1) is 6.92 Å². The molecule has 1 fully saturated rings. The Balaban J connectivity index is 1.33. The molecule has 2 aliphatic rings. The Morgan fingerprint density at radius 2 is 2.17 bits per heavy atom. The molecular weight excluding hydrogens is 709 g/mol. The van der Waals surface area contributed by atoms with Crippen molar-refractivity contribution in [1.82, 2.24) is 34.8 Å². The zero-order valence-corrected chi connectivity index (χ0v) is 25.8. The average Bonchev–Trinajstić information content (AvgIpc) is 3.57. The van der Waals surface area contributed by atoms with Crippen LogP contribution in [0.3, 0.4) is 0 Å². The molecule has 19 heteroatoms. The van der Waals surface area contributed by atoms with Crippen LogP contribution in [0.25, 0.3) is 5.78 Å². The van der Waals surface area contributed by atoms with E-state index in [1.54, 1.807) is 18.4 Å². The van der Waals surface area contributed by atoms with Crippen molar-refractivity contribution >= 4 is 91.9 Å².